The van der Waals surface area contributed by atoms with Crippen LogP contribution < -0.4 is 10.2 Å². The molecule has 4 heterocycles. The lowest BCUT2D eigenvalue weighted by Gasteiger charge is -2.29. The maximum atomic E-state index is 12.7. The first-order valence-corrected chi connectivity index (χ1v) is 9.61. The number of H-pyrrole nitrogens is 1. The molecule has 1 fully saturated rings. The standard InChI is InChI=1S/C14H15N5O2S2/c20-23(21,12-2-1-7-22-12)14-11-8-10(9-16-13(11)17-18-14)19-5-3-15-4-6-19/h1-2,7-9,15H,3-6H2,(H,16,17,18). The molecule has 1 aliphatic rings. The third kappa shape index (κ3) is 2.50. The van der Waals surface area contributed by atoms with Crippen LogP contribution >= 0.6 is 11.3 Å². The second-order valence-corrected chi connectivity index (χ2v) is 8.33. The summed E-state index contributed by atoms with van der Waals surface area (Å²) in [6, 6.07) is 5.17. The zero-order valence-electron chi connectivity index (χ0n) is 12.2. The van der Waals surface area contributed by atoms with Crippen molar-refractivity contribution in [1.29, 1.82) is 0 Å². The number of hydrogen-bond donors (Lipinski definition) is 2. The highest BCUT2D eigenvalue weighted by Crippen LogP contribution is 2.30. The van der Waals surface area contributed by atoms with E-state index < -0.39 is 9.84 Å². The van der Waals surface area contributed by atoms with Gasteiger partial charge in [0, 0.05) is 26.2 Å². The number of anilines is 1. The van der Waals surface area contributed by atoms with Gasteiger partial charge in [-0.05, 0) is 17.5 Å². The quantitative estimate of drug-likeness (QED) is 0.740. The Balaban J connectivity index is 1.82. The molecule has 2 N–H and O–H groups in total. The molecule has 1 saturated heterocycles. The molecule has 7 nitrogen and oxygen atoms in total. The van der Waals surface area contributed by atoms with Crippen LogP contribution in [0.2, 0.25) is 0 Å². The Morgan fingerprint density at radius 1 is 1.26 bits per heavy atom. The highest BCUT2D eigenvalue weighted by molar-refractivity contribution is 7.93. The summed E-state index contributed by atoms with van der Waals surface area (Å²) in [7, 11) is -3.62. The topological polar surface area (TPSA) is 91.0 Å². The fourth-order valence-electron chi connectivity index (χ4n) is 2.68. The monoisotopic (exact) mass is 349 g/mol. The molecule has 23 heavy (non-hydrogen) atoms. The minimum atomic E-state index is -3.62. The number of aromatic amines is 1. The van der Waals surface area contributed by atoms with Crippen molar-refractivity contribution in [3.05, 3.63) is 29.8 Å². The van der Waals surface area contributed by atoms with E-state index in [1.54, 1.807) is 23.7 Å². The summed E-state index contributed by atoms with van der Waals surface area (Å²) in [4.78, 5) is 6.52. The second kappa shape index (κ2) is 5.59. The van der Waals surface area contributed by atoms with E-state index in [0.717, 1.165) is 31.9 Å². The van der Waals surface area contributed by atoms with Crippen LogP contribution in [0.15, 0.2) is 39.0 Å². The van der Waals surface area contributed by atoms with Gasteiger partial charge >= 0.3 is 0 Å². The zero-order valence-corrected chi connectivity index (χ0v) is 13.8. The smallest absolute Gasteiger partial charge is 0.235 e. The number of fused-ring (bicyclic) bond motifs is 1. The van der Waals surface area contributed by atoms with E-state index in [2.05, 4.69) is 25.4 Å². The van der Waals surface area contributed by atoms with Gasteiger partial charge in [-0.2, -0.15) is 5.10 Å². The molecule has 0 amide bonds. The number of sulfone groups is 1. The van der Waals surface area contributed by atoms with Gasteiger partial charge in [-0.15, -0.1) is 11.3 Å². The third-order valence-corrected chi connectivity index (χ3v) is 6.96. The van der Waals surface area contributed by atoms with Crippen LogP contribution in [0.1, 0.15) is 0 Å². The van der Waals surface area contributed by atoms with Gasteiger partial charge in [-0.3, -0.25) is 5.10 Å². The number of piperazine rings is 1. The van der Waals surface area contributed by atoms with Gasteiger partial charge in [0.15, 0.2) is 10.7 Å². The molecule has 0 aliphatic carbocycles. The molecule has 3 aromatic heterocycles. The molecule has 0 unspecified atom stereocenters. The van der Waals surface area contributed by atoms with Gasteiger partial charge in [0.2, 0.25) is 9.84 Å². The van der Waals surface area contributed by atoms with Gasteiger partial charge in [-0.25, -0.2) is 13.4 Å². The molecular weight excluding hydrogens is 334 g/mol. The van der Waals surface area contributed by atoms with E-state index in [4.69, 9.17) is 0 Å². The minimum absolute atomic E-state index is 0.0411. The van der Waals surface area contributed by atoms with Crippen molar-refractivity contribution in [2.45, 2.75) is 9.24 Å². The average molecular weight is 349 g/mol. The molecular formula is C14H15N5O2S2. The normalized spacial score (nSPS) is 16.1. The highest BCUT2D eigenvalue weighted by atomic mass is 32.2. The molecule has 0 atom stereocenters. The lowest BCUT2D eigenvalue weighted by molar-refractivity contribution is 0.589. The Kier molecular flexibility index (Phi) is 3.55. The van der Waals surface area contributed by atoms with Crippen molar-refractivity contribution < 1.29 is 8.42 Å². The Morgan fingerprint density at radius 2 is 2.09 bits per heavy atom. The van der Waals surface area contributed by atoms with E-state index in [1.807, 2.05) is 6.07 Å². The maximum absolute atomic E-state index is 12.7. The van der Waals surface area contributed by atoms with Crippen molar-refractivity contribution in [2.24, 2.45) is 0 Å². The number of pyridine rings is 1. The zero-order chi connectivity index (χ0) is 15.9. The van der Waals surface area contributed by atoms with E-state index in [9.17, 15) is 8.42 Å². The van der Waals surface area contributed by atoms with Crippen LogP contribution in [0.3, 0.4) is 0 Å². The summed E-state index contributed by atoms with van der Waals surface area (Å²) in [5.41, 5.74) is 1.40. The summed E-state index contributed by atoms with van der Waals surface area (Å²) in [6.07, 6.45) is 1.76. The Hall–Kier alpha value is -1.97. The molecule has 1 aliphatic heterocycles. The lowest BCUT2D eigenvalue weighted by Crippen LogP contribution is -2.43. The van der Waals surface area contributed by atoms with Crippen molar-refractivity contribution in [1.82, 2.24) is 20.5 Å². The Bertz CT molecular complexity index is 927. The fourth-order valence-corrected chi connectivity index (χ4v) is 5.10. The van der Waals surface area contributed by atoms with Crippen LogP contribution in [0.4, 0.5) is 5.69 Å². The van der Waals surface area contributed by atoms with Crippen LogP contribution in [0, 0.1) is 0 Å². The van der Waals surface area contributed by atoms with E-state index in [1.165, 1.54) is 11.3 Å². The van der Waals surface area contributed by atoms with Gasteiger partial charge in [-0.1, -0.05) is 6.07 Å². The first-order valence-electron chi connectivity index (χ1n) is 7.24. The third-order valence-electron chi connectivity index (χ3n) is 3.86. The average Bonchev–Trinajstić information content (AvgIpc) is 3.25. The van der Waals surface area contributed by atoms with Crippen LogP contribution in [-0.4, -0.2) is 49.8 Å². The Morgan fingerprint density at radius 3 is 2.83 bits per heavy atom. The first-order chi connectivity index (χ1) is 11.2. The number of rotatable bonds is 3. The van der Waals surface area contributed by atoms with Crippen molar-refractivity contribution in [2.75, 3.05) is 31.1 Å². The lowest BCUT2D eigenvalue weighted by atomic mass is 10.2. The maximum Gasteiger partial charge on any atom is 0.235 e. The largest absolute Gasteiger partial charge is 0.368 e. The number of nitrogens with zero attached hydrogens (tertiary/aromatic N) is 3. The van der Waals surface area contributed by atoms with Crippen LogP contribution in [0.25, 0.3) is 11.0 Å². The van der Waals surface area contributed by atoms with Gasteiger partial charge in [0.1, 0.15) is 4.21 Å². The molecule has 4 rings (SSSR count). The van der Waals surface area contributed by atoms with Gasteiger partial charge < -0.3 is 10.2 Å². The van der Waals surface area contributed by atoms with Gasteiger partial charge in [0.05, 0.1) is 17.3 Å². The highest BCUT2D eigenvalue weighted by Gasteiger charge is 2.25. The predicted octanol–water partition coefficient (Wildman–Crippen LogP) is 1.26. The number of aromatic nitrogens is 3. The van der Waals surface area contributed by atoms with E-state index >= 15 is 0 Å². The summed E-state index contributed by atoms with van der Waals surface area (Å²) in [6.45, 7) is 3.56. The number of nitrogens with one attached hydrogen (secondary N) is 2. The van der Waals surface area contributed by atoms with Gasteiger partial charge in [0.25, 0.3) is 0 Å². The molecule has 0 bridgehead atoms. The molecule has 9 heteroatoms. The minimum Gasteiger partial charge on any atom is -0.368 e. The van der Waals surface area contributed by atoms with Crippen molar-refractivity contribution >= 4 is 37.9 Å². The molecule has 0 aromatic carbocycles. The van der Waals surface area contributed by atoms with E-state index in [0.29, 0.717) is 15.2 Å². The summed E-state index contributed by atoms with van der Waals surface area (Å²) >= 11 is 1.19. The molecule has 3 aromatic rings. The van der Waals surface area contributed by atoms with Crippen LogP contribution in [-0.2, 0) is 9.84 Å². The number of hydrogen-bond acceptors (Lipinski definition) is 7. The second-order valence-electron chi connectivity index (χ2n) is 5.29. The molecule has 120 valence electrons. The summed E-state index contributed by atoms with van der Waals surface area (Å²) in [5, 5.41) is 12.3. The summed E-state index contributed by atoms with van der Waals surface area (Å²) in [5.74, 6) is 0. The van der Waals surface area contributed by atoms with Crippen molar-refractivity contribution in [3.8, 4) is 0 Å². The first kappa shape index (κ1) is 14.6. The Labute approximate surface area is 137 Å². The molecule has 0 radical (unpaired) electrons. The fraction of sp³-hybridized carbons (Fsp3) is 0.286. The molecule has 0 spiro atoms. The molecule has 0 saturated carbocycles. The SMILES string of the molecule is O=S(=O)(c1cccs1)c1n[nH]c2ncc(N3CCNCC3)cc12. The number of thiophene rings is 1. The van der Waals surface area contributed by atoms with Crippen LogP contribution in [0.5, 0.6) is 0 Å². The summed E-state index contributed by atoms with van der Waals surface area (Å²) < 4.78 is 25.8. The van der Waals surface area contributed by atoms with Crippen molar-refractivity contribution in [3.63, 3.8) is 0 Å². The van der Waals surface area contributed by atoms with E-state index in [-0.39, 0.29) is 5.03 Å². The predicted molar refractivity (Wildman–Crippen MR) is 88.7 cm³/mol.